The molecule has 2 heteroatoms. The van der Waals surface area contributed by atoms with Crippen LogP contribution in [0.3, 0.4) is 0 Å². The first-order valence-corrected chi connectivity index (χ1v) is 12.0. The van der Waals surface area contributed by atoms with Crippen molar-refractivity contribution < 1.29 is 9.47 Å². The van der Waals surface area contributed by atoms with Gasteiger partial charge in [-0.15, -0.1) is 0 Å². The Morgan fingerprint density at radius 1 is 0.692 bits per heavy atom. The van der Waals surface area contributed by atoms with Gasteiger partial charge in [0.2, 0.25) is 0 Å². The molecular weight excluding hydrogens is 320 g/mol. The zero-order chi connectivity index (χ0) is 18.9. The molecule has 0 bridgehead atoms. The Hall–Kier alpha value is -0.0800. The summed E-state index contributed by atoms with van der Waals surface area (Å²) in [6, 6.07) is 0. The fraction of sp³-hybridized carbons (Fsp3) is 1.00. The standard InChI is InChI=1S/C24H48O2/c1-4-7-9-10-13-16-22-20-23(22)17-14-11-12-15-18-25-21-24(6-3)26-19-8-5-2/h22-24H,4-21H2,1-3H3. The molecule has 0 saturated heterocycles. The molecule has 0 spiro atoms. The third kappa shape index (κ3) is 13.1. The average molecular weight is 369 g/mol. The van der Waals surface area contributed by atoms with E-state index in [0.717, 1.165) is 44.5 Å². The second-order valence-electron chi connectivity index (χ2n) is 8.49. The fourth-order valence-corrected chi connectivity index (χ4v) is 3.88. The largest absolute Gasteiger partial charge is 0.379 e. The van der Waals surface area contributed by atoms with E-state index in [1.165, 1.54) is 83.5 Å². The summed E-state index contributed by atoms with van der Waals surface area (Å²) >= 11 is 0. The lowest BCUT2D eigenvalue weighted by atomic mass is 10.0. The van der Waals surface area contributed by atoms with Crippen LogP contribution in [0.2, 0.25) is 0 Å². The SMILES string of the molecule is CCCCCCCC1CC1CCCCCCOCC(CC)OCCCC. The minimum atomic E-state index is 0.301. The monoisotopic (exact) mass is 368 g/mol. The summed E-state index contributed by atoms with van der Waals surface area (Å²) in [4.78, 5) is 0. The average Bonchev–Trinajstić information content (AvgIpc) is 3.40. The number of rotatable bonds is 20. The molecule has 1 rings (SSSR count). The van der Waals surface area contributed by atoms with Crippen LogP contribution in [0.5, 0.6) is 0 Å². The molecule has 3 unspecified atom stereocenters. The van der Waals surface area contributed by atoms with Gasteiger partial charge in [-0.3, -0.25) is 0 Å². The summed E-state index contributed by atoms with van der Waals surface area (Å²) in [6.45, 7) is 9.28. The van der Waals surface area contributed by atoms with Crippen LogP contribution in [-0.4, -0.2) is 25.9 Å². The van der Waals surface area contributed by atoms with Crippen molar-refractivity contribution >= 4 is 0 Å². The Bertz CT molecular complexity index is 292. The molecule has 3 atom stereocenters. The van der Waals surface area contributed by atoms with Crippen molar-refractivity contribution in [3.63, 3.8) is 0 Å². The smallest absolute Gasteiger partial charge is 0.0805 e. The Labute approximate surface area is 164 Å². The van der Waals surface area contributed by atoms with Crippen molar-refractivity contribution in [2.24, 2.45) is 11.8 Å². The number of ether oxygens (including phenoxy) is 2. The highest BCUT2D eigenvalue weighted by Crippen LogP contribution is 2.45. The normalized spacial score (nSPS) is 20.4. The lowest BCUT2D eigenvalue weighted by Crippen LogP contribution is -2.20. The predicted molar refractivity (Wildman–Crippen MR) is 114 cm³/mol. The van der Waals surface area contributed by atoms with Crippen LogP contribution in [0.15, 0.2) is 0 Å². The highest BCUT2D eigenvalue weighted by molar-refractivity contribution is 4.85. The van der Waals surface area contributed by atoms with Crippen molar-refractivity contribution in [3.8, 4) is 0 Å². The van der Waals surface area contributed by atoms with Gasteiger partial charge in [-0.1, -0.05) is 91.4 Å². The summed E-state index contributed by atoms with van der Waals surface area (Å²) in [5.41, 5.74) is 0. The molecule has 2 nitrogen and oxygen atoms in total. The minimum Gasteiger partial charge on any atom is -0.379 e. The van der Waals surface area contributed by atoms with Crippen LogP contribution in [0, 0.1) is 11.8 Å². The highest BCUT2D eigenvalue weighted by atomic mass is 16.5. The van der Waals surface area contributed by atoms with E-state index in [-0.39, 0.29) is 0 Å². The van der Waals surface area contributed by atoms with Crippen LogP contribution in [0.25, 0.3) is 0 Å². The van der Waals surface area contributed by atoms with Crippen molar-refractivity contribution in [1.29, 1.82) is 0 Å². The molecule has 1 fully saturated rings. The van der Waals surface area contributed by atoms with E-state index in [0.29, 0.717) is 6.10 Å². The van der Waals surface area contributed by atoms with Crippen LogP contribution in [-0.2, 0) is 9.47 Å². The minimum absolute atomic E-state index is 0.301. The molecule has 1 aliphatic carbocycles. The Morgan fingerprint density at radius 2 is 1.31 bits per heavy atom. The highest BCUT2D eigenvalue weighted by Gasteiger charge is 2.34. The molecule has 0 amide bonds. The van der Waals surface area contributed by atoms with Gasteiger partial charge in [-0.05, 0) is 37.5 Å². The van der Waals surface area contributed by atoms with Crippen LogP contribution >= 0.6 is 0 Å². The molecule has 0 radical (unpaired) electrons. The first-order chi connectivity index (χ1) is 12.8. The first kappa shape index (κ1) is 24.0. The topological polar surface area (TPSA) is 18.5 Å². The molecule has 0 aromatic rings. The maximum Gasteiger partial charge on any atom is 0.0805 e. The zero-order valence-corrected chi connectivity index (χ0v) is 18.3. The van der Waals surface area contributed by atoms with Gasteiger partial charge in [0.05, 0.1) is 12.7 Å². The lowest BCUT2D eigenvalue weighted by Gasteiger charge is -2.16. The third-order valence-electron chi connectivity index (χ3n) is 5.97. The predicted octanol–water partition coefficient (Wildman–Crippen LogP) is 7.55. The van der Waals surface area contributed by atoms with Gasteiger partial charge in [0.25, 0.3) is 0 Å². The van der Waals surface area contributed by atoms with Gasteiger partial charge in [-0.2, -0.15) is 0 Å². The van der Waals surface area contributed by atoms with Gasteiger partial charge < -0.3 is 9.47 Å². The number of hydrogen-bond donors (Lipinski definition) is 0. The Balaban J connectivity index is 1.80. The van der Waals surface area contributed by atoms with E-state index in [1.807, 2.05) is 0 Å². The second-order valence-corrected chi connectivity index (χ2v) is 8.49. The number of unbranched alkanes of at least 4 members (excludes halogenated alkanes) is 8. The van der Waals surface area contributed by atoms with Gasteiger partial charge in [0.15, 0.2) is 0 Å². The molecule has 0 aromatic heterocycles. The van der Waals surface area contributed by atoms with Crippen LogP contribution in [0.1, 0.15) is 117 Å². The third-order valence-corrected chi connectivity index (χ3v) is 5.97. The summed E-state index contributed by atoms with van der Waals surface area (Å²) < 4.78 is 11.7. The summed E-state index contributed by atoms with van der Waals surface area (Å²) in [6.07, 6.45) is 20.9. The van der Waals surface area contributed by atoms with E-state index in [4.69, 9.17) is 9.47 Å². The summed E-state index contributed by atoms with van der Waals surface area (Å²) in [5, 5.41) is 0. The molecule has 0 heterocycles. The molecule has 26 heavy (non-hydrogen) atoms. The molecule has 156 valence electrons. The van der Waals surface area contributed by atoms with E-state index in [9.17, 15) is 0 Å². The summed E-state index contributed by atoms with van der Waals surface area (Å²) in [5.74, 6) is 2.18. The van der Waals surface area contributed by atoms with Crippen molar-refractivity contribution in [2.45, 2.75) is 123 Å². The van der Waals surface area contributed by atoms with E-state index in [2.05, 4.69) is 20.8 Å². The Morgan fingerprint density at radius 3 is 1.92 bits per heavy atom. The maximum absolute atomic E-state index is 5.84. The van der Waals surface area contributed by atoms with Crippen molar-refractivity contribution in [1.82, 2.24) is 0 Å². The van der Waals surface area contributed by atoms with Gasteiger partial charge in [0, 0.05) is 13.2 Å². The maximum atomic E-state index is 5.84. The van der Waals surface area contributed by atoms with Gasteiger partial charge >= 0.3 is 0 Å². The lowest BCUT2D eigenvalue weighted by molar-refractivity contribution is -0.0197. The zero-order valence-electron chi connectivity index (χ0n) is 18.3. The second kappa shape index (κ2) is 17.0. The van der Waals surface area contributed by atoms with Crippen LogP contribution in [0.4, 0.5) is 0 Å². The molecule has 1 aliphatic rings. The first-order valence-electron chi connectivity index (χ1n) is 12.0. The molecule has 0 aliphatic heterocycles. The Kier molecular flexibility index (Phi) is 15.7. The molecule has 0 aromatic carbocycles. The van der Waals surface area contributed by atoms with Gasteiger partial charge in [0.1, 0.15) is 0 Å². The van der Waals surface area contributed by atoms with E-state index < -0.39 is 0 Å². The summed E-state index contributed by atoms with van der Waals surface area (Å²) in [7, 11) is 0. The quantitative estimate of drug-likeness (QED) is 0.207. The van der Waals surface area contributed by atoms with Gasteiger partial charge in [-0.25, -0.2) is 0 Å². The molecule has 1 saturated carbocycles. The van der Waals surface area contributed by atoms with Crippen molar-refractivity contribution in [2.75, 3.05) is 19.8 Å². The fourth-order valence-electron chi connectivity index (χ4n) is 3.88. The number of hydrogen-bond acceptors (Lipinski definition) is 2. The molecule has 0 N–H and O–H groups in total. The van der Waals surface area contributed by atoms with Crippen LogP contribution < -0.4 is 0 Å². The molecular formula is C24H48O2. The van der Waals surface area contributed by atoms with E-state index in [1.54, 1.807) is 0 Å². The van der Waals surface area contributed by atoms with E-state index >= 15 is 0 Å². The van der Waals surface area contributed by atoms with Crippen molar-refractivity contribution in [3.05, 3.63) is 0 Å².